The largest absolute Gasteiger partial charge is 0.393 e. The Morgan fingerprint density at radius 2 is 1.87 bits per heavy atom. The van der Waals surface area contributed by atoms with Crippen LogP contribution in [0.25, 0.3) is 0 Å². The van der Waals surface area contributed by atoms with Crippen LogP contribution in [0.5, 0.6) is 0 Å². The predicted octanol–water partition coefficient (Wildman–Crippen LogP) is 4.82. The van der Waals surface area contributed by atoms with Crippen molar-refractivity contribution in [3.05, 3.63) is 24.0 Å². The molecule has 0 aromatic heterocycles. The summed E-state index contributed by atoms with van der Waals surface area (Å²) in [5.74, 6) is 1.52. The molecule has 4 aliphatic rings. The molecule has 0 radical (unpaired) electrons. The van der Waals surface area contributed by atoms with Gasteiger partial charge in [0.2, 0.25) is 15.9 Å². The summed E-state index contributed by atoms with van der Waals surface area (Å²) in [5.41, 5.74) is -0.0426. The Bertz CT molecular complexity index is 1210. The standard InChI is InChI=1S/C30H45FN2O5S/c1-17(4-11-28(36)33-26-10-6-20(15-25(26)31)39(32,37)38)22-8-9-23-21-7-5-18-14-19(34)12-13-29(18,2)24(21)16-27(35)30(22,23)3/h6,10,15,17-19,21-24,27,34-35H,4-5,7-9,11-14,16H2,1-3H3,(H,33,36)(H2,32,37,38)/t17-,18-,19-,21+,22-,23+,24+,27+,29+,30-/m1/s1. The summed E-state index contributed by atoms with van der Waals surface area (Å²) in [5, 5.41) is 29.6. The lowest BCUT2D eigenvalue weighted by molar-refractivity contribution is -0.174. The number of nitrogens with one attached hydrogen (secondary N) is 1. The van der Waals surface area contributed by atoms with E-state index < -0.39 is 15.8 Å². The molecular weight excluding hydrogens is 519 g/mol. The number of aliphatic hydroxyl groups is 2. The average Bonchev–Trinajstić information content (AvgIpc) is 3.23. The quantitative estimate of drug-likeness (QED) is 0.394. The van der Waals surface area contributed by atoms with Gasteiger partial charge >= 0.3 is 0 Å². The Balaban J connectivity index is 1.23. The fourth-order valence-corrected chi connectivity index (χ4v) is 10.2. The van der Waals surface area contributed by atoms with Gasteiger partial charge in [-0.3, -0.25) is 4.79 Å². The van der Waals surface area contributed by atoms with E-state index in [0.29, 0.717) is 36.0 Å². The highest BCUT2D eigenvalue weighted by Crippen LogP contribution is 2.68. The third-order valence-electron chi connectivity index (χ3n) is 11.9. The first-order valence-electron chi connectivity index (χ1n) is 14.7. The van der Waals surface area contributed by atoms with Gasteiger partial charge in [-0.05, 0) is 122 Å². The molecule has 1 amide bonds. The normalized spacial score (nSPS) is 40.7. The van der Waals surface area contributed by atoms with E-state index in [1.54, 1.807) is 0 Å². The second-order valence-corrected chi connectivity index (χ2v) is 15.2. The van der Waals surface area contributed by atoms with Crippen molar-refractivity contribution in [3.8, 4) is 0 Å². The van der Waals surface area contributed by atoms with E-state index >= 15 is 0 Å². The van der Waals surface area contributed by atoms with E-state index in [1.165, 1.54) is 25.0 Å². The van der Waals surface area contributed by atoms with Crippen LogP contribution in [0.2, 0.25) is 0 Å². The number of anilines is 1. The number of sulfonamides is 1. The first kappa shape index (κ1) is 29.0. The van der Waals surface area contributed by atoms with Crippen LogP contribution in [-0.2, 0) is 14.8 Å². The average molecular weight is 565 g/mol. The third-order valence-corrected chi connectivity index (χ3v) is 12.8. The van der Waals surface area contributed by atoms with E-state index in [9.17, 15) is 27.8 Å². The van der Waals surface area contributed by atoms with Crippen molar-refractivity contribution >= 4 is 21.6 Å². The highest BCUT2D eigenvalue weighted by Gasteiger charge is 2.63. The van der Waals surface area contributed by atoms with E-state index in [-0.39, 0.29) is 51.9 Å². The number of benzene rings is 1. The van der Waals surface area contributed by atoms with Crippen molar-refractivity contribution in [2.75, 3.05) is 5.32 Å². The summed E-state index contributed by atoms with van der Waals surface area (Å²) in [6.45, 7) is 6.88. The van der Waals surface area contributed by atoms with Gasteiger partial charge in [0.25, 0.3) is 0 Å². The fourth-order valence-electron chi connectivity index (χ4n) is 9.71. The molecule has 0 saturated heterocycles. The molecule has 4 aliphatic carbocycles. The number of hydrogen-bond donors (Lipinski definition) is 4. The number of hydrogen-bond acceptors (Lipinski definition) is 5. The highest BCUT2D eigenvalue weighted by molar-refractivity contribution is 7.89. The lowest BCUT2D eigenvalue weighted by Crippen LogP contribution is -2.58. The number of carbonyl (C=O) groups is 1. The molecular formula is C30H45FN2O5S. The summed E-state index contributed by atoms with van der Waals surface area (Å²) in [6.07, 6.45) is 8.48. The van der Waals surface area contributed by atoms with Gasteiger partial charge in [-0.15, -0.1) is 0 Å². The van der Waals surface area contributed by atoms with Crippen LogP contribution >= 0.6 is 0 Å². The number of amides is 1. The maximum Gasteiger partial charge on any atom is 0.238 e. The molecule has 39 heavy (non-hydrogen) atoms. The predicted molar refractivity (Wildman–Crippen MR) is 147 cm³/mol. The van der Waals surface area contributed by atoms with Crippen molar-refractivity contribution in [3.63, 3.8) is 0 Å². The molecule has 7 nitrogen and oxygen atoms in total. The number of halogens is 1. The van der Waals surface area contributed by atoms with Crippen LogP contribution in [0.1, 0.15) is 85.0 Å². The second kappa shape index (κ2) is 10.4. The summed E-state index contributed by atoms with van der Waals surface area (Å²) in [6, 6.07) is 3.21. The van der Waals surface area contributed by atoms with Gasteiger partial charge in [-0.1, -0.05) is 20.8 Å². The molecule has 9 heteroatoms. The molecule has 218 valence electrons. The third kappa shape index (κ3) is 5.06. The molecule has 1 aromatic carbocycles. The molecule has 5 N–H and O–H groups in total. The van der Waals surface area contributed by atoms with E-state index in [0.717, 1.165) is 44.6 Å². The van der Waals surface area contributed by atoms with Gasteiger partial charge in [-0.25, -0.2) is 17.9 Å². The lowest BCUT2D eigenvalue weighted by atomic mass is 9.43. The molecule has 0 unspecified atom stereocenters. The molecule has 4 fully saturated rings. The Morgan fingerprint density at radius 1 is 1.13 bits per heavy atom. The maximum absolute atomic E-state index is 14.4. The minimum Gasteiger partial charge on any atom is -0.393 e. The van der Waals surface area contributed by atoms with Crippen LogP contribution in [0.15, 0.2) is 23.1 Å². The van der Waals surface area contributed by atoms with Gasteiger partial charge < -0.3 is 15.5 Å². The molecule has 1 aromatic rings. The summed E-state index contributed by atoms with van der Waals surface area (Å²) in [7, 11) is -4.02. The number of fused-ring (bicyclic) bond motifs is 5. The first-order valence-corrected chi connectivity index (χ1v) is 16.3. The molecule has 10 atom stereocenters. The summed E-state index contributed by atoms with van der Waals surface area (Å²) >= 11 is 0. The zero-order valence-corrected chi connectivity index (χ0v) is 24.2. The van der Waals surface area contributed by atoms with Crippen LogP contribution in [-0.4, -0.2) is 36.7 Å². The van der Waals surface area contributed by atoms with Gasteiger partial charge in [0.05, 0.1) is 22.8 Å². The van der Waals surface area contributed by atoms with Crippen LogP contribution in [0, 0.1) is 52.2 Å². The second-order valence-electron chi connectivity index (χ2n) is 13.6. The van der Waals surface area contributed by atoms with E-state index in [4.69, 9.17) is 5.14 Å². The fraction of sp³-hybridized carbons (Fsp3) is 0.767. The van der Waals surface area contributed by atoms with Gasteiger partial charge in [0, 0.05) is 6.42 Å². The van der Waals surface area contributed by atoms with Crippen molar-refractivity contribution in [2.45, 2.75) is 102 Å². The smallest absolute Gasteiger partial charge is 0.238 e. The van der Waals surface area contributed by atoms with Crippen molar-refractivity contribution in [1.82, 2.24) is 0 Å². The SMILES string of the molecule is C[C@H](CCC(=O)Nc1ccc(S(N)(=O)=O)cc1F)[C@H]1CC[C@H]2[C@@H]3CC[C@@H]4C[C@H](O)CC[C@]4(C)[C@H]3C[C@H](O)[C@]12C. The number of nitrogens with two attached hydrogens (primary N) is 1. The number of aliphatic hydroxyl groups excluding tert-OH is 2. The minimum absolute atomic E-state index is 0.0685. The van der Waals surface area contributed by atoms with Crippen molar-refractivity contribution in [1.29, 1.82) is 0 Å². The molecule has 0 aliphatic heterocycles. The van der Waals surface area contributed by atoms with Gasteiger partial charge in [0.15, 0.2) is 0 Å². The topological polar surface area (TPSA) is 130 Å². The van der Waals surface area contributed by atoms with E-state index in [1.807, 2.05) is 0 Å². The number of primary sulfonamides is 1. The highest BCUT2D eigenvalue weighted by atomic mass is 32.2. The summed E-state index contributed by atoms with van der Waals surface area (Å²) in [4.78, 5) is 12.3. The number of carbonyl (C=O) groups excluding carboxylic acids is 1. The molecule has 5 rings (SSSR count). The molecule has 0 spiro atoms. The first-order chi connectivity index (χ1) is 18.2. The van der Waals surface area contributed by atoms with Gasteiger partial charge in [0.1, 0.15) is 5.82 Å². The zero-order chi connectivity index (χ0) is 28.3. The van der Waals surface area contributed by atoms with Crippen LogP contribution in [0.4, 0.5) is 10.1 Å². The van der Waals surface area contributed by atoms with E-state index in [2.05, 4.69) is 26.1 Å². The maximum atomic E-state index is 14.4. The zero-order valence-electron chi connectivity index (χ0n) is 23.4. The monoisotopic (exact) mass is 564 g/mol. The Hall–Kier alpha value is -1.55. The molecule has 0 bridgehead atoms. The Morgan fingerprint density at radius 3 is 2.56 bits per heavy atom. The summed E-state index contributed by atoms with van der Waals surface area (Å²) < 4.78 is 37.2. The molecule has 4 saturated carbocycles. The molecule has 0 heterocycles. The van der Waals surface area contributed by atoms with Gasteiger partial charge in [-0.2, -0.15) is 0 Å². The van der Waals surface area contributed by atoms with Crippen LogP contribution in [0.3, 0.4) is 0 Å². The minimum atomic E-state index is -4.02. The van der Waals surface area contributed by atoms with Crippen molar-refractivity contribution in [2.24, 2.45) is 51.5 Å². The Labute approximate surface area is 232 Å². The van der Waals surface area contributed by atoms with Crippen molar-refractivity contribution < 1.29 is 27.8 Å². The number of rotatable bonds is 6. The Kier molecular flexibility index (Phi) is 7.70. The lowest BCUT2D eigenvalue weighted by Gasteiger charge is -2.62. The van der Waals surface area contributed by atoms with Crippen LogP contribution < -0.4 is 10.5 Å².